The first-order chi connectivity index (χ1) is 15.0. The minimum Gasteiger partial charge on any atom is -0.452 e. The Kier molecular flexibility index (Phi) is 5.71. The molecule has 1 N–H and O–H groups in total. The maximum absolute atomic E-state index is 12.9. The lowest BCUT2D eigenvalue weighted by Gasteiger charge is -2.12. The molecule has 6 heteroatoms. The van der Waals surface area contributed by atoms with E-state index in [1.807, 2.05) is 68.4 Å². The van der Waals surface area contributed by atoms with Gasteiger partial charge in [0.2, 0.25) is 0 Å². The van der Waals surface area contributed by atoms with Crippen molar-refractivity contribution in [1.29, 1.82) is 0 Å². The van der Waals surface area contributed by atoms with Crippen molar-refractivity contribution >= 4 is 28.5 Å². The third-order valence-corrected chi connectivity index (χ3v) is 4.99. The standard InChI is InChI=1S/C25H21N3O3/c1-16-6-5-7-17(2)24(16)28-23(29)15-31-25(30)20-14-22(18-10-12-26-13-11-18)27-21-9-4-3-8-19(20)21/h3-14H,15H2,1-2H3,(H,28,29). The van der Waals surface area contributed by atoms with Gasteiger partial charge in [-0.15, -0.1) is 0 Å². The first-order valence-electron chi connectivity index (χ1n) is 9.86. The van der Waals surface area contributed by atoms with Crippen molar-refractivity contribution in [2.45, 2.75) is 13.8 Å². The van der Waals surface area contributed by atoms with Gasteiger partial charge in [0.15, 0.2) is 6.61 Å². The summed E-state index contributed by atoms with van der Waals surface area (Å²) >= 11 is 0. The average Bonchev–Trinajstić information content (AvgIpc) is 2.80. The number of rotatable bonds is 5. The van der Waals surface area contributed by atoms with Crippen LogP contribution in [0.4, 0.5) is 5.69 Å². The number of nitrogens with zero attached hydrogens (tertiary/aromatic N) is 2. The van der Waals surface area contributed by atoms with Crippen LogP contribution in [0.15, 0.2) is 73.1 Å². The molecule has 4 aromatic rings. The molecule has 154 valence electrons. The Bertz CT molecular complexity index is 1250. The summed E-state index contributed by atoms with van der Waals surface area (Å²) in [7, 11) is 0. The molecule has 31 heavy (non-hydrogen) atoms. The lowest BCUT2D eigenvalue weighted by molar-refractivity contribution is -0.119. The van der Waals surface area contributed by atoms with Gasteiger partial charge in [0.1, 0.15) is 0 Å². The van der Waals surface area contributed by atoms with Crippen molar-refractivity contribution in [2.24, 2.45) is 0 Å². The lowest BCUT2D eigenvalue weighted by Crippen LogP contribution is -2.22. The Morgan fingerprint density at radius 3 is 2.39 bits per heavy atom. The SMILES string of the molecule is Cc1cccc(C)c1NC(=O)COC(=O)c1cc(-c2ccncc2)nc2ccccc12. The second-order valence-corrected chi connectivity index (χ2v) is 7.20. The van der Waals surface area contributed by atoms with Gasteiger partial charge < -0.3 is 10.1 Å². The van der Waals surface area contributed by atoms with E-state index >= 15 is 0 Å². The fraction of sp³-hybridized carbons (Fsp3) is 0.120. The average molecular weight is 411 g/mol. The number of para-hydroxylation sites is 2. The second kappa shape index (κ2) is 8.75. The molecular weight excluding hydrogens is 390 g/mol. The van der Waals surface area contributed by atoms with Crippen LogP contribution in [-0.4, -0.2) is 28.5 Å². The number of nitrogens with one attached hydrogen (secondary N) is 1. The summed E-state index contributed by atoms with van der Waals surface area (Å²) in [6, 6.07) is 18.4. The zero-order valence-corrected chi connectivity index (χ0v) is 17.3. The van der Waals surface area contributed by atoms with Gasteiger partial charge in [-0.3, -0.25) is 9.78 Å². The molecule has 1 amide bonds. The van der Waals surface area contributed by atoms with Crippen LogP contribution in [0.25, 0.3) is 22.2 Å². The summed E-state index contributed by atoms with van der Waals surface area (Å²) in [4.78, 5) is 34.0. The van der Waals surface area contributed by atoms with Crippen LogP contribution >= 0.6 is 0 Å². The van der Waals surface area contributed by atoms with E-state index in [1.165, 1.54) is 0 Å². The first-order valence-corrected chi connectivity index (χ1v) is 9.86. The topological polar surface area (TPSA) is 81.2 Å². The van der Waals surface area contributed by atoms with Crippen molar-refractivity contribution in [3.63, 3.8) is 0 Å². The number of hydrogen-bond donors (Lipinski definition) is 1. The Labute approximate surface area is 179 Å². The monoisotopic (exact) mass is 411 g/mol. The summed E-state index contributed by atoms with van der Waals surface area (Å²) in [6.45, 7) is 3.45. The van der Waals surface area contributed by atoms with E-state index in [9.17, 15) is 9.59 Å². The second-order valence-electron chi connectivity index (χ2n) is 7.20. The van der Waals surface area contributed by atoms with Gasteiger partial charge in [-0.2, -0.15) is 0 Å². The highest BCUT2D eigenvalue weighted by Crippen LogP contribution is 2.25. The van der Waals surface area contributed by atoms with Gasteiger partial charge in [-0.25, -0.2) is 9.78 Å². The molecule has 0 saturated carbocycles. The molecule has 0 saturated heterocycles. The van der Waals surface area contributed by atoms with E-state index in [0.717, 1.165) is 22.4 Å². The third-order valence-electron chi connectivity index (χ3n) is 4.99. The van der Waals surface area contributed by atoms with E-state index in [2.05, 4.69) is 15.3 Å². The van der Waals surface area contributed by atoms with E-state index < -0.39 is 11.9 Å². The zero-order valence-electron chi connectivity index (χ0n) is 17.3. The van der Waals surface area contributed by atoms with E-state index in [-0.39, 0.29) is 6.61 Å². The summed E-state index contributed by atoms with van der Waals surface area (Å²) in [5.41, 5.74) is 5.12. The minimum absolute atomic E-state index is 0.359. The molecule has 0 aliphatic carbocycles. The normalized spacial score (nSPS) is 10.6. The number of ether oxygens (including phenoxy) is 1. The molecule has 0 aliphatic rings. The van der Waals surface area contributed by atoms with E-state index in [1.54, 1.807) is 18.5 Å². The molecule has 0 radical (unpaired) electrons. The van der Waals surface area contributed by atoms with Crippen LogP contribution in [0.5, 0.6) is 0 Å². The lowest BCUT2D eigenvalue weighted by atomic mass is 10.0. The van der Waals surface area contributed by atoms with Crippen LogP contribution in [0.1, 0.15) is 21.5 Å². The molecule has 0 fully saturated rings. The van der Waals surface area contributed by atoms with E-state index in [0.29, 0.717) is 22.2 Å². The fourth-order valence-corrected chi connectivity index (χ4v) is 3.41. The number of benzene rings is 2. The highest BCUT2D eigenvalue weighted by molar-refractivity contribution is 6.05. The molecule has 2 aromatic carbocycles. The number of aryl methyl sites for hydroxylation is 2. The maximum Gasteiger partial charge on any atom is 0.339 e. The highest BCUT2D eigenvalue weighted by Gasteiger charge is 2.17. The van der Waals surface area contributed by atoms with Crippen LogP contribution < -0.4 is 5.32 Å². The molecular formula is C25H21N3O3. The van der Waals surface area contributed by atoms with Gasteiger partial charge in [0.05, 0.1) is 16.8 Å². The van der Waals surface area contributed by atoms with Crippen molar-refractivity contribution in [2.75, 3.05) is 11.9 Å². The highest BCUT2D eigenvalue weighted by atomic mass is 16.5. The number of amides is 1. The van der Waals surface area contributed by atoms with Gasteiger partial charge in [0.25, 0.3) is 5.91 Å². The number of esters is 1. The Morgan fingerprint density at radius 2 is 1.65 bits per heavy atom. The van der Waals surface area contributed by atoms with Gasteiger partial charge in [0, 0.05) is 29.0 Å². The molecule has 6 nitrogen and oxygen atoms in total. The Balaban J connectivity index is 1.57. The summed E-state index contributed by atoms with van der Waals surface area (Å²) in [5, 5.41) is 3.49. The van der Waals surface area contributed by atoms with Crippen molar-refractivity contribution in [3.05, 3.63) is 89.7 Å². The fourth-order valence-electron chi connectivity index (χ4n) is 3.41. The molecule has 4 rings (SSSR count). The molecule has 0 atom stereocenters. The molecule has 0 aliphatic heterocycles. The number of pyridine rings is 2. The predicted molar refractivity (Wildman–Crippen MR) is 120 cm³/mol. The van der Waals surface area contributed by atoms with Gasteiger partial charge >= 0.3 is 5.97 Å². The van der Waals surface area contributed by atoms with Crippen LogP contribution in [0, 0.1) is 13.8 Å². The molecule has 2 heterocycles. The minimum atomic E-state index is -0.578. The quantitative estimate of drug-likeness (QED) is 0.481. The number of carbonyl (C=O) groups excluding carboxylic acids is 2. The van der Waals surface area contributed by atoms with Crippen molar-refractivity contribution < 1.29 is 14.3 Å². The number of anilines is 1. The number of hydrogen-bond acceptors (Lipinski definition) is 5. The van der Waals surface area contributed by atoms with Gasteiger partial charge in [-0.05, 0) is 49.2 Å². The first kappa shape index (κ1) is 20.2. The van der Waals surface area contributed by atoms with Crippen molar-refractivity contribution in [1.82, 2.24) is 9.97 Å². The van der Waals surface area contributed by atoms with E-state index in [4.69, 9.17) is 4.74 Å². The summed E-state index contributed by atoms with van der Waals surface area (Å²) in [6.07, 6.45) is 3.34. The molecule has 0 spiro atoms. The van der Waals surface area contributed by atoms with Gasteiger partial charge in [-0.1, -0.05) is 36.4 Å². The van der Waals surface area contributed by atoms with Crippen LogP contribution in [-0.2, 0) is 9.53 Å². The predicted octanol–water partition coefficient (Wildman–Crippen LogP) is 4.71. The number of aromatic nitrogens is 2. The Morgan fingerprint density at radius 1 is 0.935 bits per heavy atom. The zero-order chi connectivity index (χ0) is 21.8. The smallest absolute Gasteiger partial charge is 0.339 e. The molecule has 0 unspecified atom stereocenters. The van der Waals surface area contributed by atoms with Crippen LogP contribution in [0.3, 0.4) is 0 Å². The third kappa shape index (κ3) is 4.43. The Hall–Kier alpha value is -4.06. The summed E-state index contributed by atoms with van der Waals surface area (Å²) < 4.78 is 5.35. The van der Waals surface area contributed by atoms with Crippen molar-refractivity contribution in [3.8, 4) is 11.3 Å². The molecule has 0 bridgehead atoms. The van der Waals surface area contributed by atoms with Crippen LogP contribution in [0.2, 0.25) is 0 Å². The molecule has 2 aromatic heterocycles. The number of fused-ring (bicyclic) bond motifs is 1. The maximum atomic E-state index is 12.9. The number of carbonyl (C=O) groups is 2. The summed E-state index contributed by atoms with van der Waals surface area (Å²) in [5.74, 6) is -0.968. The largest absolute Gasteiger partial charge is 0.452 e.